The molecule has 120 valence electrons. The van der Waals surface area contributed by atoms with Crippen molar-refractivity contribution in [1.82, 2.24) is 4.98 Å². The molecule has 3 N–H and O–H groups in total. The molecular weight excluding hydrogens is 342 g/mol. The summed E-state index contributed by atoms with van der Waals surface area (Å²) >= 11 is 7.24. The van der Waals surface area contributed by atoms with Gasteiger partial charge in [-0.2, -0.15) is 0 Å². The van der Waals surface area contributed by atoms with Gasteiger partial charge in [0, 0.05) is 15.7 Å². The normalized spacial score (nSPS) is 10.5. The highest BCUT2D eigenvalue weighted by Gasteiger charge is 2.26. The molecule has 0 fully saturated rings. The van der Waals surface area contributed by atoms with Crippen LogP contribution in [0.1, 0.15) is 32.1 Å². The number of hydrogen-bond donors (Lipinski definition) is 3. The molecule has 0 amide bonds. The van der Waals surface area contributed by atoms with Gasteiger partial charge in [-0.3, -0.25) is 4.79 Å². The number of carboxylic acids is 2. The van der Waals surface area contributed by atoms with E-state index in [4.69, 9.17) is 16.7 Å². The van der Waals surface area contributed by atoms with E-state index < -0.39 is 17.7 Å². The van der Waals surface area contributed by atoms with Gasteiger partial charge in [0.05, 0.1) is 5.69 Å². The molecule has 2 rings (SSSR count). The van der Waals surface area contributed by atoms with Crippen molar-refractivity contribution in [3.05, 3.63) is 51.8 Å². The molecule has 1 heterocycles. The third-order valence-corrected chi connectivity index (χ3v) is 4.45. The zero-order valence-corrected chi connectivity index (χ0v) is 13.5. The molecule has 0 saturated heterocycles. The maximum absolute atomic E-state index is 11.6. The van der Waals surface area contributed by atoms with Crippen LogP contribution in [-0.2, 0) is 10.5 Å². The van der Waals surface area contributed by atoms with Crippen LogP contribution in [0.25, 0.3) is 0 Å². The number of hydrogen-bond acceptors (Lipinski definition) is 4. The van der Waals surface area contributed by atoms with Crippen molar-refractivity contribution in [2.24, 2.45) is 0 Å². The Morgan fingerprint density at radius 1 is 1.22 bits per heavy atom. The monoisotopic (exact) mass is 353 g/mol. The van der Waals surface area contributed by atoms with Crippen molar-refractivity contribution in [3.8, 4) is 0 Å². The number of carbonyl (C=O) groups excluding carboxylic acids is 1. The molecule has 0 radical (unpaired) electrons. The van der Waals surface area contributed by atoms with Crippen LogP contribution in [-0.4, -0.2) is 32.9 Å². The summed E-state index contributed by atoms with van der Waals surface area (Å²) in [7, 11) is 0. The molecule has 6 nitrogen and oxygen atoms in total. The summed E-state index contributed by atoms with van der Waals surface area (Å²) in [5.74, 6) is -3.79. The number of aromatic carboxylic acids is 1. The number of H-pyrrole nitrogens is 1. The van der Waals surface area contributed by atoms with E-state index in [9.17, 15) is 19.5 Å². The van der Waals surface area contributed by atoms with E-state index in [1.165, 1.54) is 18.7 Å². The van der Waals surface area contributed by atoms with Crippen molar-refractivity contribution in [2.75, 3.05) is 0 Å². The Morgan fingerprint density at radius 3 is 2.48 bits per heavy atom. The summed E-state index contributed by atoms with van der Waals surface area (Å²) < 4.78 is 0. The first kappa shape index (κ1) is 17.1. The van der Waals surface area contributed by atoms with Crippen LogP contribution in [0.3, 0.4) is 0 Å². The zero-order chi connectivity index (χ0) is 17.1. The zero-order valence-electron chi connectivity index (χ0n) is 11.9. The van der Waals surface area contributed by atoms with Crippen LogP contribution in [0.2, 0.25) is 5.02 Å². The second kappa shape index (κ2) is 6.89. The molecular formula is C15H12ClNO5S. The number of carbonyl (C=O) groups is 3. The lowest BCUT2D eigenvalue weighted by atomic mass is 10.1. The van der Waals surface area contributed by atoms with Crippen LogP contribution in [0.15, 0.2) is 29.2 Å². The Labute approximate surface area is 140 Å². The molecule has 0 bridgehead atoms. The summed E-state index contributed by atoms with van der Waals surface area (Å²) in [6.45, 7) is 1.52. The minimum Gasteiger partial charge on any atom is -0.477 e. The first-order valence-electron chi connectivity index (χ1n) is 6.42. The Balaban J connectivity index is 2.35. The molecule has 0 unspecified atom stereocenters. The van der Waals surface area contributed by atoms with Crippen LogP contribution in [0.5, 0.6) is 0 Å². The van der Waals surface area contributed by atoms with Crippen molar-refractivity contribution in [2.45, 2.75) is 17.6 Å². The molecule has 0 spiro atoms. The lowest BCUT2D eigenvalue weighted by Gasteiger charge is -2.04. The molecule has 0 atom stereocenters. The fourth-order valence-corrected chi connectivity index (χ4v) is 3.35. The van der Waals surface area contributed by atoms with Crippen molar-refractivity contribution in [3.63, 3.8) is 0 Å². The lowest BCUT2D eigenvalue weighted by Crippen LogP contribution is -2.14. The quantitative estimate of drug-likeness (QED) is 0.418. The highest BCUT2D eigenvalue weighted by atomic mass is 35.5. The molecule has 1 aromatic heterocycles. The number of thioether (sulfide) groups is 1. The van der Waals surface area contributed by atoms with Crippen molar-refractivity contribution >= 4 is 41.1 Å². The maximum atomic E-state index is 11.6. The number of halogens is 1. The van der Waals surface area contributed by atoms with Gasteiger partial charge in [0.15, 0.2) is 0 Å². The molecule has 8 heteroatoms. The molecule has 0 aliphatic heterocycles. The summed E-state index contributed by atoms with van der Waals surface area (Å²) in [5.41, 5.74) is 0.314. The smallest absolute Gasteiger partial charge is 0.378 e. The predicted octanol–water partition coefficient (Wildman–Crippen LogP) is 3.23. The molecule has 0 saturated carbocycles. The van der Waals surface area contributed by atoms with Crippen LogP contribution >= 0.6 is 23.4 Å². The number of aromatic nitrogens is 1. The highest BCUT2D eigenvalue weighted by molar-refractivity contribution is 7.98. The van der Waals surface area contributed by atoms with Gasteiger partial charge in [-0.05, 0) is 36.2 Å². The van der Waals surface area contributed by atoms with Gasteiger partial charge in [-0.15, -0.1) is 11.8 Å². The first-order chi connectivity index (χ1) is 10.8. The highest BCUT2D eigenvalue weighted by Crippen LogP contribution is 2.29. The largest absolute Gasteiger partial charge is 0.477 e. The molecule has 1 aromatic carbocycles. The van der Waals surface area contributed by atoms with E-state index in [0.717, 1.165) is 4.90 Å². The van der Waals surface area contributed by atoms with Gasteiger partial charge < -0.3 is 15.2 Å². The van der Waals surface area contributed by atoms with E-state index in [1.54, 1.807) is 18.2 Å². The fourth-order valence-electron chi connectivity index (χ4n) is 2.04. The average molecular weight is 354 g/mol. The van der Waals surface area contributed by atoms with Crippen LogP contribution in [0, 0.1) is 6.92 Å². The number of Topliss-reactive ketones (excluding diaryl/α,β-unsaturated/α-hetero) is 1. The van der Waals surface area contributed by atoms with Gasteiger partial charge in [0.25, 0.3) is 5.78 Å². The minimum absolute atomic E-state index is 0.179. The standard InChI is InChI=1S/C15H12ClNO5S/c1-7-10(6-23-9-4-2-3-8(16)5-9)12(14(19)20)17-11(7)13(18)15(21)22/h2-5,17H,6H2,1H3,(H,19,20)(H,21,22). The number of benzene rings is 1. The number of aliphatic carboxylic acids is 1. The van der Waals surface area contributed by atoms with Crippen LogP contribution < -0.4 is 0 Å². The third kappa shape index (κ3) is 3.75. The van der Waals surface area contributed by atoms with Gasteiger partial charge in [-0.1, -0.05) is 17.7 Å². The summed E-state index contributed by atoms with van der Waals surface area (Å²) in [6.07, 6.45) is 0. The van der Waals surface area contributed by atoms with E-state index in [-0.39, 0.29) is 17.1 Å². The summed E-state index contributed by atoms with van der Waals surface area (Å²) in [5, 5.41) is 18.6. The van der Waals surface area contributed by atoms with E-state index in [0.29, 0.717) is 16.1 Å². The number of rotatable bonds is 6. The number of ketones is 1. The SMILES string of the molecule is Cc1c(C(=O)C(=O)O)[nH]c(C(=O)O)c1CSc1cccc(Cl)c1. The van der Waals surface area contributed by atoms with Gasteiger partial charge in [0.1, 0.15) is 5.69 Å². The van der Waals surface area contributed by atoms with E-state index in [2.05, 4.69) is 4.98 Å². The first-order valence-corrected chi connectivity index (χ1v) is 7.78. The molecule has 2 aromatic rings. The van der Waals surface area contributed by atoms with E-state index >= 15 is 0 Å². The molecule has 0 aliphatic rings. The molecule has 0 aliphatic carbocycles. The maximum Gasteiger partial charge on any atom is 0.378 e. The lowest BCUT2D eigenvalue weighted by molar-refractivity contribution is -0.131. The number of nitrogens with one attached hydrogen (secondary N) is 1. The molecule has 23 heavy (non-hydrogen) atoms. The van der Waals surface area contributed by atoms with Gasteiger partial charge >= 0.3 is 11.9 Å². The second-order valence-electron chi connectivity index (χ2n) is 4.66. The summed E-state index contributed by atoms with van der Waals surface area (Å²) in [6, 6.07) is 7.05. The third-order valence-electron chi connectivity index (χ3n) is 3.19. The second-order valence-corrected chi connectivity index (χ2v) is 6.15. The van der Waals surface area contributed by atoms with Crippen molar-refractivity contribution in [1.29, 1.82) is 0 Å². The Morgan fingerprint density at radius 2 is 1.91 bits per heavy atom. The Hall–Kier alpha value is -2.25. The van der Waals surface area contributed by atoms with Gasteiger partial charge in [-0.25, -0.2) is 9.59 Å². The van der Waals surface area contributed by atoms with E-state index in [1.807, 2.05) is 6.07 Å². The predicted molar refractivity (Wildman–Crippen MR) is 85.5 cm³/mol. The Kier molecular flexibility index (Phi) is 5.12. The Bertz CT molecular complexity index is 799. The number of aromatic amines is 1. The minimum atomic E-state index is -1.64. The summed E-state index contributed by atoms with van der Waals surface area (Å²) in [4.78, 5) is 37.0. The van der Waals surface area contributed by atoms with Gasteiger partial charge in [0.2, 0.25) is 0 Å². The topological polar surface area (TPSA) is 107 Å². The van der Waals surface area contributed by atoms with Crippen LogP contribution in [0.4, 0.5) is 0 Å². The number of carboxylic acid groups (broad SMARTS) is 2. The fraction of sp³-hybridized carbons (Fsp3) is 0.133. The van der Waals surface area contributed by atoms with Crippen molar-refractivity contribution < 1.29 is 24.6 Å². The average Bonchev–Trinajstić information content (AvgIpc) is 2.81.